The van der Waals surface area contributed by atoms with Crippen LogP contribution in [0.4, 0.5) is 0 Å². The maximum atomic E-state index is 12.5. The highest BCUT2D eigenvalue weighted by Crippen LogP contribution is 2.30. The number of hydrogen-bond acceptors (Lipinski definition) is 1. The zero-order valence-electron chi connectivity index (χ0n) is 10.7. The van der Waals surface area contributed by atoms with E-state index in [1.807, 2.05) is 11.0 Å². The third kappa shape index (κ3) is 3.07. The van der Waals surface area contributed by atoms with E-state index < -0.39 is 0 Å². The van der Waals surface area contributed by atoms with Gasteiger partial charge in [-0.05, 0) is 36.5 Å². The van der Waals surface area contributed by atoms with Crippen LogP contribution in [-0.2, 0) is 0 Å². The molecular weight excluding hydrogens is 314 g/mol. The molecule has 98 valence electrons. The molecule has 1 fully saturated rings. The van der Waals surface area contributed by atoms with Crippen molar-refractivity contribution >= 4 is 33.4 Å². The zero-order valence-corrected chi connectivity index (χ0v) is 13.0. The van der Waals surface area contributed by atoms with Gasteiger partial charge in [-0.1, -0.05) is 41.4 Å². The number of halogens is 2. The summed E-state index contributed by atoms with van der Waals surface area (Å²) >= 11 is 9.49. The van der Waals surface area contributed by atoms with Crippen LogP contribution in [0, 0.1) is 5.41 Å². The van der Waals surface area contributed by atoms with Crippen molar-refractivity contribution in [2.24, 2.45) is 5.41 Å². The Bertz CT molecular complexity index is 473. The van der Waals surface area contributed by atoms with Crippen LogP contribution in [0.15, 0.2) is 22.7 Å². The molecule has 2 rings (SSSR count). The second-order valence-corrected chi connectivity index (χ2v) is 6.94. The Labute approximate surface area is 121 Å². The van der Waals surface area contributed by atoms with Gasteiger partial charge in [0.15, 0.2) is 0 Å². The third-order valence-electron chi connectivity index (χ3n) is 3.35. The first kappa shape index (κ1) is 13.9. The molecule has 1 aromatic carbocycles. The van der Waals surface area contributed by atoms with Gasteiger partial charge in [-0.2, -0.15) is 0 Å². The molecule has 1 aliphatic heterocycles. The highest BCUT2D eigenvalue weighted by atomic mass is 79.9. The van der Waals surface area contributed by atoms with Crippen molar-refractivity contribution in [3.8, 4) is 0 Å². The third-order valence-corrected chi connectivity index (χ3v) is 4.17. The van der Waals surface area contributed by atoms with Gasteiger partial charge in [-0.25, -0.2) is 0 Å². The summed E-state index contributed by atoms with van der Waals surface area (Å²) in [6.45, 7) is 6.03. The molecule has 4 heteroatoms. The normalized spacial score (nSPS) is 18.8. The maximum Gasteiger partial charge on any atom is 0.255 e. The van der Waals surface area contributed by atoms with Crippen LogP contribution in [0.1, 0.15) is 37.0 Å². The summed E-state index contributed by atoms with van der Waals surface area (Å²) < 4.78 is 0.881. The van der Waals surface area contributed by atoms with E-state index in [1.54, 1.807) is 12.1 Å². The van der Waals surface area contributed by atoms with Gasteiger partial charge in [0, 0.05) is 17.6 Å². The molecule has 1 aromatic rings. The second-order valence-electron chi connectivity index (χ2n) is 5.62. The van der Waals surface area contributed by atoms with E-state index >= 15 is 0 Å². The van der Waals surface area contributed by atoms with Crippen molar-refractivity contribution in [3.05, 3.63) is 33.3 Å². The second kappa shape index (κ2) is 5.22. The molecule has 0 aromatic heterocycles. The first-order chi connectivity index (χ1) is 8.39. The number of rotatable bonds is 1. The van der Waals surface area contributed by atoms with E-state index in [2.05, 4.69) is 29.8 Å². The molecule has 0 spiro atoms. The van der Waals surface area contributed by atoms with Gasteiger partial charge in [0.05, 0.1) is 10.6 Å². The smallest absolute Gasteiger partial charge is 0.255 e. The lowest BCUT2D eigenvalue weighted by atomic mass is 9.84. The van der Waals surface area contributed by atoms with Crippen LogP contribution in [0.2, 0.25) is 5.02 Å². The van der Waals surface area contributed by atoms with Gasteiger partial charge >= 0.3 is 0 Å². The lowest BCUT2D eigenvalue weighted by Crippen LogP contribution is -2.43. The summed E-state index contributed by atoms with van der Waals surface area (Å²) in [4.78, 5) is 14.4. The number of piperidine rings is 1. The molecule has 1 amide bonds. The molecule has 0 N–H and O–H groups in total. The van der Waals surface area contributed by atoms with Crippen molar-refractivity contribution in [2.75, 3.05) is 13.1 Å². The molecule has 1 saturated heterocycles. The molecule has 1 aliphatic rings. The van der Waals surface area contributed by atoms with E-state index in [4.69, 9.17) is 11.6 Å². The fourth-order valence-corrected chi connectivity index (χ4v) is 2.99. The monoisotopic (exact) mass is 329 g/mol. The van der Waals surface area contributed by atoms with Crippen LogP contribution in [-0.4, -0.2) is 23.9 Å². The minimum Gasteiger partial charge on any atom is -0.338 e. The van der Waals surface area contributed by atoms with Gasteiger partial charge in [0.1, 0.15) is 0 Å². The van der Waals surface area contributed by atoms with Gasteiger partial charge < -0.3 is 4.90 Å². The Balaban J connectivity index is 2.23. The molecule has 0 radical (unpaired) electrons. The van der Waals surface area contributed by atoms with E-state index in [0.29, 0.717) is 10.6 Å². The Kier molecular flexibility index (Phi) is 4.02. The van der Waals surface area contributed by atoms with Crippen LogP contribution >= 0.6 is 27.5 Å². The SMILES string of the molecule is CC1(C)CCCN(C(=O)c2cc(Br)ccc2Cl)C1. The van der Waals surface area contributed by atoms with Gasteiger partial charge in [-0.3, -0.25) is 4.79 Å². The van der Waals surface area contributed by atoms with Gasteiger partial charge in [0.25, 0.3) is 5.91 Å². The van der Waals surface area contributed by atoms with Crippen LogP contribution in [0.25, 0.3) is 0 Å². The molecule has 1 heterocycles. The topological polar surface area (TPSA) is 20.3 Å². The molecule has 0 unspecified atom stereocenters. The summed E-state index contributed by atoms with van der Waals surface area (Å²) in [7, 11) is 0. The lowest BCUT2D eigenvalue weighted by molar-refractivity contribution is 0.0583. The van der Waals surface area contributed by atoms with Crippen LogP contribution < -0.4 is 0 Å². The molecule has 0 atom stereocenters. The predicted molar refractivity (Wildman–Crippen MR) is 78.1 cm³/mol. The largest absolute Gasteiger partial charge is 0.338 e. The van der Waals surface area contributed by atoms with Gasteiger partial charge in [-0.15, -0.1) is 0 Å². The van der Waals surface area contributed by atoms with E-state index in [1.165, 1.54) is 6.42 Å². The molecule has 18 heavy (non-hydrogen) atoms. The number of carbonyl (C=O) groups is 1. The van der Waals surface area contributed by atoms with Gasteiger partial charge in [0.2, 0.25) is 0 Å². The summed E-state index contributed by atoms with van der Waals surface area (Å²) in [5.41, 5.74) is 0.788. The number of amides is 1. The summed E-state index contributed by atoms with van der Waals surface area (Å²) in [6, 6.07) is 5.40. The fourth-order valence-electron chi connectivity index (χ4n) is 2.43. The Morgan fingerprint density at radius 1 is 1.44 bits per heavy atom. The summed E-state index contributed by atoms with van der Waals surface area (Å²) in [6.07, 6.45) is 2.23. The first-order valence-electron chi connectivity index (χ1n) is 6.13. The highest BCUT2D eigenvalue weighted by molar-refractivity contribution is 9.10. The Hall–Kier alpha value is -0.540. The van der Waals surface area contributed by atoms with E-state index in [0.717, 1.165) is 24.0 Å². The standard InChI is InChI=1S/C14H17BrClNO/c1-14(2)6-3-7-17(9-14)13(18)11-8-10(15)4-5-12(11)16/h4-5,8H,3,6-7,9H2,1-2H3. The fraction of sp³-hybridized carbons (Fsp3) is 0.500. The molecular formula is C14H17BrClNO. The van der Waals surface area contributed by atoms with Crippen molar-refractivity contribution in [3.63, 3.8) is 0 Å². The maximum absolute atomic E-state index is 12.5. The minimum absolute atomic E-state index is 0.0362. The molecule has 0 saturated carbocycles. The summed E-state index contributed by atoms with van der Waals surface area (Å²) in [5.74, 6) is 0.0362. The zero-order chi connectivity index (χ0) is 13.3. The summed E-state index contributed by atoms with van der Waals surface area (Å²) in [5, 5.41) is 0.520. The molecule has 0 bridgehead atoms. The van der Waals surface area contributed by atoms with Crippen LogP contribution in [0.3, 0.4) is 0 Å². The Morgan fingerprint density at radius 3 is 2.83 bits per heavy atom. The van der Waals surface area contributed by atoms with Crippen molar-refractivity contribution in [1.82, 2.24) is 4.90 Å². The average molecular weight is 331 g/mol. The number of carbonyl (C=O) groups excluding carboxylic acids is 1. The number of nitrogens with zero attached hydrogens (tertiary/aromatic N) is 1. The minimum atomic E-state index is 0.0362. The van der Waals surface area contributed by atoms with E-state index in [9.17, 15) is 4.79 Å². The van der Waals surface area contributed by atoms with Crippen molar-refractivity contribution in [1.29, 1.82) is 0 Å². The van der Waals surface area contributed by atoms with Crippen molar-refractivity contribution in [2.45, 2.75) is 26.7 Å². The number of benzene rings is 1. The van der Waals surface area contributed by atoms with Crippen molar-refractivity contribution < 1.29 is 4.79 Å². The Morgan fingerprint density at radius 2 is 2.17 bits per heavy atom. The number of likely N-dealkylation sites (tertiary alicyclic amines) is 1. The van der Waals surface area contributed by atoms with E-state index in [-0.39, 0.29) is 11.3 Å². The highest BCUT2D eigenvalue weighted by Gasteiger charge is 2.30. The number of hydrogen-bond donors (Lipinski definition) is 0. The lowest BCUT2D eigenvalue weighted by Gasteiger charge is -2.38. The van der Waals surface area contributed by atoms with Crippen LogP contribution in [0.5, 0.6) is 0 Å². The average Bonchev–Trinajstić information content (AvgIpc) is 2.30. The first-order valence-corrected chi connectivity index (χ1v) is 7.30. The quantitative estimate of drug-likeness (QED) is 0.749. The predicted octanol–water partition coefficient (Wildman–Crippen LogP) is 4.36. The molecule has 0 aliphatic carbocycles. The molecule has 2 nitrogen and oxygen atoms in total.